The van der Waals surface area contributed by atoms with Crippen molar-refractivity contribution in [3.05, 3.63) is 70.3 Å². The molecule has 0 heterocycles. The van der Waals surface area contributed by atoms with Gasteiger partial charge in [-0.05, 0) is 44.4 Å². The van der Waals surface area contributed by atoms with Gasteiger partial charge in [-0.25, -0.2) is 0 Å². The molecule has 5 heteroatoms. The normalized spacial score (nSPS) is 10.8. The van der Waals surface area contributed by atoms with Crippen molar-refractivity contribution in [2.75, 3.05) is 7.11 Å². The van der Waals surface area contributed by atoms with Crippen LogP contribution in [0, 0.1) is 0 Å². The fourth-order valence-electron chi connectivity index (χ4n) is 2.87. The monoisotopic (exact) mass is 394 g/mol. The molecular formula is C24H26O5. The molecule has 29 heavy (non-hydrogen) atoms. The Morgan fingerprint density at radius 2 is 1.72 bits per heavy atom. The van der Waals surface area contributed by atoms with Crippen molar-refractivity contribution >= 4 is 17.6 Å². The van der Waals surface area contributed by atoms with Crippen molar-refractivity contribution in [3.8, 4) is 17.2 Å². The van der Waals surface area contributed by atoms with Crippen LogP contribution in [-0.2, 0) is 17.6 Å². The van der Waals surface area contributed by atoms with Gasteiger partial charge in [-0.15, -0.1) is 0 Å². The van der Waals surface area contributed by atoms with Crippen LogP contribution in [0.25, 0.3) is 6.08 Å². The first-order valence-electron chi connectivity index (χ1n) is 9.28. The number of benzene rings is 2. The van der Waals surface area contributed by atoms with Crippen LogP contribution >= 0.6 is 0 Å². The van der Waals surface area contributed by atoms with Gasteiger partial charge in [0, 0.05) is 18.1 Å². The zero-order chi connectivity index (χ0) is 21.6. The van der Waals surface area contributed by atoms with E-state index in [9.17, 15) is 19.8 Å². The Bertz CT molecular complexity index is 962. The summed E-state index contributed by atoms with van der Waals surface area (Å²) in [5.74, 6) is -0.662. The maximum absolute atomic E-state index is 12.8. The van der Waals surface area contributed by atoms with Crippen LogP contribution in [0.5, 0.6) is 17.2 Å². The van der Waals surface area contributed by atoms with Gasteiger partial charge in [-0.1, -0.05) is 42.0 Å². The highest BCUT2D eigenvalue weighted by atomic mass is 16.5. The predicted molar refractivity (Wildman–Crippen MR) is 114 cm³/mol. The van der Waals surface area contributed by atoms with Crippen molar-refractivity contribution in [3.63, 3.8) is 0 Å². The van der Waals surface area contributed by atoms with Crippen LogP contribution in [0.4, 0.5) is 0 Å². The highest BCUT2D eigenvalue weighted by Gasteiger charge is 2.21. The van der Waals surface area contributed by atoms with Crippen LogP contribution in [-0.4, -0.2) is 28.9 Å². The number of carbonyl (C=O) groups excluding carboxylic acids is 2. The van der Waals surface area contributed by atoms with E-state index in [1.807, 2.05) is 44.2 Å². The Balaban J connectivity index is 2.33. The number of phenolic OH excluding ortho intramolecular Hbond substituents is 2. The quantitative estimate of drug-likeness (QED) is 0.387. The summed E-state index contributed by atoms with van der Waals surface area (Å²) < 4.78 is 5.19. The second-order valence-electron chi connectivity index (χ2n) is 7.10. The number of aromatic hydroxyl groups is 2. The average molecular weight is 394 g/mol. The van der Waals surface area contributed by atoms with Crippen molar-refractivity contribution in [2.45, 2.75) is 33.6 Å². The molecule has 2 aromatic carbocycles. The van der Waals surface area contributed by atoms with Gasteiger partial charge >= 0.3 is 0 Å². The van der Waals surface area contributed by atoms with E-state index in [1.165, 1.54) is 26.2 Å². The smallest absolute Gasteiger partial charge is 0.193 e. The SMILES string of the molecule is COc1cc(O)c(CC=C(C)C)c(O)c1C(=O)/C=C/c1ccc(CC(C)=O)cc1. The first-order chi connectivity index (χ1) is 13.7. The first-order valence-corrected chi connectivity index (χ1v) is 9.28. The van der Waals surface area contributed by atoms with Crippen LogP contribution in [0.1, 0.15) is 47.8 Å². The minimum Gasteiger partial charge on any atom is -0.507 e. The number of carbonyl (C=O) groups is 2. The molecular weight excluding hydrogens is 368 g/mol. The Labute approximate surface area is 171 Å². The molecule has 0 saturated carbocycles. The number of rotatable bonds is 8. The van der Waals surface area contributed by atoms with Gasteiger partial charge in [-0.3, -0.25) is 9.59 Å². The topological polar surface area (TPSA) is 83.8 Å². The summed E-state index contributed by atoms with van der Waals surface area (Å²) in [5, 5.41) is 20.8. The molecule has 2 N–H and O–H groups in total. The molecule has 0 radical (unpaired) electrons. The summed E-state index contributed by atoms with van der Waals surface area (Å²) in [6, 6.07) is 8.64. The van der Waals surface area contributed by atoms with Crippen LogP contribution < -0.4 is 4.74 Å². The lowest BCUT2D eigenvalue weighted by atomic mass is 9.99. The van der Waals surface area contributed by atoms with Gasteiger partial charge in [0.25, 0.3) is 0 Å². The van der Waals surface area contributed by atoms with E-state index >= 15 is 0 Å². The molecule has 0 aliphatic heterocycles. The van der Waals surface area contributed by atoms with E-state index in [2.05, 4.69) is 0 Å². The molecule has 0 aliphatic carbocycles. The summed E-state index contributed by atoms with van der Waals surface area (Å²) in [6.45, 7) is 5.36. The van der Waals surface area contributed by atoms with Gasteiger partial charge in [0.05, 0.1) is 7.11 Å². The molecule has 0 bridgehead atoms. The molecule has 152 valence electrons. The van der Waals surface area contributed by atoms with Crippen molar-refractivity contribution in [2.24, 2.45) is 0 Å². The number of allylic oxidation sites excluding steroid dienone is 3. The molecule has 0 fully saturated rings. The van der Waals surface area contributed by atoms with E-state index in [4.69, 9.17) is 4.74 Å². The van der Waals surface area contributed by atoms with Crippen LogP contribution in [0.15, 0.2) is 48.1 Å². The number of phenols is 2. The molecule has 2 aromatic rings. The molecule has 0 unspecified atom stereocenters. The number of methoxy groups -OCH3 is 1. The van der Waals surface area contributed by atoms with E-state index in [1.54, 1.807) is 6.08 Å². The molecule has 0 atom stereocenters. The number of hydrogen-bond donors (Lipinski definition) is 2. The zero-order valence-electron chi connectivity index (χ0n) is 17.2. The Hall–Kier alpha value is -3.34. The third-order valence-electron chi connectivity index (χ3n) is 4.39. The average Bonchev–Trinajstić information content (AvgIpc) is 2.65. The molecule has 0 aliphatic rings. The summed E-state index contributed by atoms with van der Waals surface area (Å²) in [4.78, 5) is 23.9. The van der Waals surface area contributed by atoms with Gasteiger partial charge in [0.15, 0.2) is 5.78 Å². The second kappa shape index (κ2) is 9.73. The predicted octanol–water partition coefficient (Wildman–Crippen LogP) is 4.64. The first kappa shape index (κ1) is 22.0. The fraction of sp³-hybridized carbons (Fsp3) is 0.250. The minimum atomic E-state index is -0.439. The Morgan fingerprint density at radius 1 is 1.07 bits per heavy atom. The second-order valence-corrected chi connectivity index (χ2v) is 7.10. The summed E-state index contributed by atoms with van der Waals surface area (Å²) in [5.41, 5.74) is 3.00. The molecule has 5 nitrogen and oxygen atoms in total. The molecule has 0 amide bonds. The third kappa shape index (κ3) is 5.82. The minimum absolute atomic E-state index is 0.00639. The lowest BCUT2D eigenvalue weighted by Crippen LogP contribution is -2.02. The summed E-state index contributed by atoms with van der Waals surface area (Å²) in [7, 11) is 1.37. The lowest BCUT2D eigenvalue weighted by molar-refractivity contribution is -0.116. The highest BCUT2D eigenvalue weighted by Crippen LogP contribution is 2.39. The van der Waals surface area contributed by atoms with Gasteiger partial charge in [0.2, 0.25) is 0 Å². The van der Waals surface area contributed by atoms with Crippen LogP contribution in [0.3, 0.4) is 0 Å². The number of ether oxygens (including phenoxy) is 1. The highest BCUT2D eigenvalue weighted by molar-refractivity contribution is 6.11. The van der Waals surface area contributed by atoms with Crippen molar-refractivity contribution < 1.29 is 24.5 Å². The van der Waals surface area contributed by atoms with Gasteiger partial charge < -0.3 is 14.9 Å². The Kier molecular flexibility index (Phi) is 7.37. The van der Waals surface area contributed by atoms with Crippen molar-refractivity contribution in [1.82, 2.24) is 0 Å². The van der Waals surface area contributed by atoms with Gasteiger partial charge in [0.1, 0.15) is 28.6 Å². The summed E-state index contributed by atoms with van der Waals surface area (Å²) in [6.07, 6.45) is 5.50. The summed E-state index contributed by atoms with van der Waals surface area (Å²) >= 11 is 0. The zero-order valence-corrected chi connectivity index (χ0v) is 17.2. The van der Waals surface area contributed by atoms with E-state index in [0.717, 1.165) is 16.7 Å². The van der Waals surface area contributed by atoms with Crippen molar-refractivity contribution in [1.29, 1.82) is 0 Å². The molecule has 0 aromatic heterocycles. The number of hydrogen-bond acceptors (Lipinski definition) is 5. The lowest BCUT2D eigenvalue weighted by Gasteiger charge is -2.13. The molecule has 0 spiro atoms. The van der Waals surface area contributed by atoms with Gasteiger partial charge in [-0.2, -0.15) is 0 Å². The fourth-order valence-corrected chi connectivity index (χ4v) is 2.87. The van der Waals surface area contributed by atoms with Crippen LogP contribution in [0.2, 0.25) is 0 Å². The van der Waals surface area contributed by atoms with E-state index < -0.39 is 5.78 Å². The maximum atomic E-state index is 12.8. The third-order valence-corrected chi connectivity index (χ3v) is 4.39. The number of ketones is 2. The Morgan fingerprint density at radius 3 is 2.28 bits per heavy atom. The largest absolute Gasteiger partial charge is 0.507 e. The standard InChI is InChI=1S/C24H26O5/c1-15(2)5-11-19-21(27)14-22(29-4)23(24(19)28)20(26)12-10-17-6-8-18(9-7-17)13-16(3)25/h5-10,12,14,27-28H,11,13H2,1-4H3/b12-10+. The van der Waals surface area contributed by atoms with E-state index in [-0.39, 0.29) is 34.2 Å². The van der Waals surface area contributed by atoms with E-state index in [0.29, 0.717) is 12.8 Å². The maximum Gasteiger partial charge on any atom is 0.193 e. The molecule has 2 rings (SSSR count). The molecule has 0 saturated heterocycles. The number of Topliss-reactive ketones (excluding diaryl/α,β-unsaturated/α-hetero) is 1.